The van der Waals surface area contributed by atoms with Crippen molar-refractivity contribution in [2.45, 2.75) is 45.8 Å². The van der Waals surface area contributed by atoms with Crippen molar-refractivity contribution < 1.29 is 9.84 Å². The van der Waals surface area contributed by atoms with E-state index in [1.54, 1.807) is 0 Å². The Morgan fingerprint density at radius 1 is 1.54 bits per heavy atom. The van der Waals surface area contributed by atoms with E-state index in [9.17, 15) is 5.11 Å². The van der Waals surface area contributed by atoms with E-state index in [0.717, 1.165) is 6.61 Å². The third kappa shape index (κ3) is 1.40. The van der Waals surface area contributed by atoms with Gasteiger partial charge in [-0.25, -0.2) is 0 Å². The van der Waals surface area contributed by atoms with Crippen molar-refractivity contribution in [3.63, 3.8) is 0 Å². The second-order valence-corrected chi connectivity index (χ2v) is 4.97. The van der Waals surface area contributed by atoms with Crippen LogP contribution in [0.15, 0.2) is 0 Å². The number of aliphatic hydroxyl groups is 1. The van der Waals surface area contributed by atoms with Crippen molar-refractivity contribution in [3.8, 4) is 0 Å². The van der Waals surface area contributed by atoms with Crippen LogP contribution >= 0.6 is 0 Å². The number of fused-ring (bicyclic) bond motifs is 1. The van der Waals surface area contributed by atoms with E-state index >= 15 is 0 Å². The first-order valence-corrected chi connectivity index (χ1v) is 5.47. The molecule has 2 fully saturated rings. The molecule has 0 bridgehead atoms. The predicted octanol–water partition coefficient (Wildman–Crippen LogP) is 2.17. The maximum atomic E-state index is 9.74. The molecule has 0 spiro atoms. The van der Waals surface area contributed by atoms with Crippen molar-refractivity contribution in [1.82, 2.24) is 0 Å². The van der Waals surface area contributed by atoms with Gasteiger partial charge in [0.25, 0.3) is 0 Å². The van der Waals surface area contributed by atoms with E-state index in [1.807, 2.05) is 0 Å². The highest BCUT2D eigenvalue weighted by Gasteiger charge is 2.53. The zero-order valence-electron chi connectivity index (χ0n) is 8.62. The Kier molecular flexibility index (Phi) is 2.37. The summed E-state index contributed by atoms with van der Waals surface area (Å²) in [4.78, 5) is 0. The minimum atomic E-state index is -0.482. The fourth-order valence-corrected chi connectivity index (χ4v) is 3.25. The summed E-state index contributed by atoms with van der Waals surface area (Å²) in [5.41, 5.74) is 0.277. The zero-order valence-corrected chi connectivity index (χ0v) is 8.62. The van der Waals surface area contributed by atoms with E-state index in [2.05, 4.69) is 13.8 Å². The van der Waals surface area contributed by atoms with E-state index in [0.29, 0.717) is 11.8 Å². The fraction of sp³-hybridized carbons (Fsp3) is 1.00. The summed E-state index contributed by atoms with van der Waals surface area (Å²) in [7, 11) is 0. The van der Waals surface area contributed by atoms with Gasteiger partial charge in [0.2, 0.25) is 0 Å². The molecule has 1 N–H and O–H groups in total. The molecule has 1 saturated carbocycles. The van der Waals surface area contributed by atoms with E-state index in [-0.39, 0.29) is 5.41 Å². The normalized spacial score (nSPS) is 49.6. The first kappa shape index (κ1) is 9.47. The van der Waals surface area contributed by atoms with Crippen LogP contribution in [0.3, 0.4) is 0 Å². The number of ether oxygens (including phenoxy) is 1. The number of aliphatic hydroxyl groups excluding tert-OH is 1. The first-order valence-electron chi connectivity index (χ1n) is 5.47. The van der Waals surface area contributed by atoms with Gasteiger partial charge in [-0.1, -0.05) is 26.7 Å². The highest BCUT2D eigenvalue weighted by atomic mass is 16.6. The summed E-state index contributed by atoms with van der Waals surface area (Å²) in [6.45, 7) is 5.25. The Morgan fingerprint density at radius 3 is 3.00 bits per heavy atom. The Morgan fingerprint density at radius 2 is 2.31 bits per heavy atom. The molecule has 0 radical (unpaired) electrons. The Balaban J connectivity index is 2.10. The number of hydrogen-bond acceptors (Lipinski definition) is 2. The SMILES string of the molecule is CCC[C@H]1CC[C@@]2(C)COC(O)[C@@H]12. The smallest absolute Gasteiger partial charge is 0.158 e. The quantitative estimate of drug-likeness (QED) is 0.712. The van der Waals surface area contributed by atoms with Crippen molar-refractivity contribution in [2.75, 3.05) is 6.61 Å². The molecule has 13 heavy (non-hydrogen) atoms. The second kappa shape index (κ2) is 3.25. The number of hydrogen-bond donors (Lipinski definition) is 1. The van der Waals surface area contributed by atoms with Gasteiger partial charge in [-0.3, -0.25) is 0 Å². The van der Waals surface area contributed by atoms with E-state index in [4.69, 9.17) is 4.74 Å². The van der Waals surface area contributed by atoms with Gasteiger partial charge in [0, 0.05) is 5.92 Å². The lowest BCUT2D eigenvalue weighted by atomic mass is 9.78. The minimum absolute atomic E-state index is 0.277. The Hall–Kier alpha value is -0.0800. The van der Waals surface area contributed by atoms with Crippen molar-refractivity contribution in [2.24, 2.45) is 17.3 Å². The van der Waals surface area contributed by atoms with Crippen LogP contribution in [0.1, 0.15) is 39.5 Å². The summed E-state index contributed by atoms with van der Waals surface area (Å²) in [6.07, 6.45) is 4.52. The molecular formula is C11H20O2. The Labute approximate surface area is 80.3 Å². The average Bonchev–Trinajstić information content (AvgIpc) is 2.54. The third-order valence-corrected chi connectivity index (χ3v) is 3.95. The molecule has 2 nitrogen and oxygen atoms in total. The first-order chi connectivity index (χ1) is 6.17. The van der Waals surface area contributed by atoms with Crippen LogP contribution in [0.4, 0.5) is 0 Å². The van der Waals surface area contributed by atoms with Crippen LogP contribution in [0, 0.1) is 17.3 Å². The van der Waals surface area contributed by atoms with Gasteiger partial charge in [0.05, 0.1) is 6.61 Å². The standard InChI is InChI=1S/C11H20O2/c1-3-4-8-5-6-11(2)7-13-10(12)9(8)11/h8-10,12H,3-7H2,1-2H3/t8-,9+,10?,11-/m0/s1. The van der Waals surface area contributed by atoms with Crippen molar-refractivity contribution in [3.05, 3.63) is 0 Å². The topological polar surface area (TPSA) is 29.5 Å². The van der Waals surface area contributed by atoms with Crippen molar-refractivity contribution in [1.29, 1.82) is 0 Å². The minimum Gasteiger partial charge on any atom is -0.368 e. The predicted molar refractivity (Wildman–Crippen MR) is 51.2 cm³/mol. The molecule has 1 aliphatic carbocycles. The lowest BCUT2D eigenvalue weighted by Gasteiger charge is -2.25. The van der Waals surface area contributed by atoms with Gasteiger partial charge >= 0.3 is 0 Å². The summed E-state index contributed by atoms with van der Waals surface area (Å²) in [5, 5.41) is 9.74. The molecule has 1 unspecified atom stereocenters. The van der Waals surface area contributed by atoms with E-state index in [1.165, 1.54) is 25.7 Å². The van der Waals surface area contributed by atoms with Gasteiger partial charge in [-0.15, -0.1) is 0 Å². The lowest BCUT2D eigenvalue weighted by molar-refractivity contribution is -0.0929. The third-order valence-electron chi connectivity index (χ3n) is 3.95. The van der Waals surface area contributed by atoms with Gasteiger partial charge < -0.3 is 9.84 Å². The van der Waals surface area contributed by atoms with Gasteiger partial charge in [-0.2, -0.15) is 0 Å². The summed E-state index contributed by atoms with van der Waals surface area (Å²) in [5.74, 6) is 1.11. The van der Waals surface area contributed by atoms with Crippen LogP contribution in [0.5, 0.6) is 0 Å². The lowest BCUT2D eigenvalue weighted by Crippen LogP contribution is -2.28. The monoisotopic (exact) mass is 184 g/mol. The molecule has 0 amide bonds. The second-order valence-electron chi connectivity index (χ2n) is 4.97. The van der Waals surface area contributed by atoms with Gasteiger partial charge in [0.15, 0.2) is 6.29 Å². The zero-order chi connectivity index (χ0) is 9.47. The molecular weight excluding hydrogens is 164 g/mol. The molecule has 0 aromatic carbocycles. The molecule has 76 valence electrons. The summed E-state index contributed by atoms with van der Waals surface area (Å²) >= 11 is 0. The molecule has 2 heteroatoms. The van der Waals surface area contributed by atoms with Crippen LogP contribution < -0.4 is 0 Å². The van der Waals surface area contributed by atoms with Gasteiger partial charge in [-0.05, 0) is 24.2 Å². The molecule has 1 aliphatic heterocycles. The highest BCUT2D eigenvalue weighted by Crippen LogP contribution is 2.54. The molecule has 2 rings (SSSR count). The average molecular weight is 184 g/mol. The van der Waals surface area contributed by atoms with Gasteiger partial charge in [0.1, 0.15) is 0 Å². The van der Waals surface area contributed by atoms with E-state index < -0.39 is 6.29 Å². The molecule has 4 atom stereocenters. The van der Waals surface area contributed by atoms with Crippen LogP contribution in [-0.4, -0.2) is 18.0 Å². The summed E-state index contributed by atoms with van der Waals surface area (Å²) in [6, 6.07) is 0. The Bertz CT molecular complexity index is 193. The molecule has 1 heterocycles. The fourth-order valence-electron chi connectivity index (χ4n) is 3.25. The summed E-state index contributed by atoms with van der Waals surface area (Å²) < 4.78 is 5.35. The maximum absolute atomic E-state index is 9.74. The van der Waals surface area contributed by atoms with Crippen LogP contribution in [-0.2, 0) is 4.74 Å². The van der Waals surface area contributed by atoms with Crippen LogP contribution in [0.2, 0.25) is 0 Å². The number of rotatable bonds is 2. The maximum Gasteiger partial charge on any atom is 0.158 e. The largest absolute Gasteiger partial charge is 0.368 e. The molecule has 0 aromatic rings. The molecule has 0 aromatic heterocycles. The van der Waals surface area contributed by atoms with Crippen molar-refractivity contribution >= 4 is 0 Å². The van der Waals surface area contributed by atoms with Crippen LogP contribution in [0.25, 0.3) is 0 Å². The highest BCUT2D eigenvalue weighted by molar-refractivity contribution is 4.98. The molecule has 1 saturated heterocycles. The molecule has 2 aliphatic rings.